The van der Waals surface area contributed by atoms with Crippen LogP contribution in [0.3, 0.4) is 0 Å². The van der Waals surface area contributed by atoms with Gasteiger partial charge in [0.05, 0.1) is 11.7 Å². The predicted molar refractivity (Wildman–Crippen MR) is 118 cm³/mol. The summed E-state index contributed by atoms with van der Waals surface area (Å²) in [6.07, 6.45) is 1.33. The summed E-state index contributed by atoms with van der Waals surface area (Å²) in [5.74, 6) is -2.45. The number of amides is 2. The summed E-state index contributed by atoms with van der Waals surface area (Å²) in [5.41, 5.74) is 0.568. The number of likely N-dealkylation sites (N-methyl/N-ethyl adjacent to an activating group) is 1. The topological polar surface area (TPSA) is 87.1 Å². The number of ether oxygens (including phenoxy) is 1. The lowest BCUT2D eigenvalue weighted by Crippen LogP contribution is -2.53. The van der Waals surface area contributed by atoms with Crippen molar-refractivity contribution in [2.75, 3.05) is 25.1 Å². The van der Waals surface area contributed by atoms with Crippen molar-refractivity contribution in [1.29, 1.82) is 0 Å². The van der Waals surface area contributed by atoms with Gasteiger partial charge in [0.25, 0.3) is 17.6 Å². The van der Waals surface area contributed by atoms with E-state index in [-0.39, 0.29) is 24.0 Å². The number of hydrogen-bond acceptors (Lipinski definition) is 5. The van der Waals surface area contributed by atoms with Gasteiger partial charge in [-0.3, -0.25) is 14.4 Å². The van der Waals surface area contributed by atoms with E-state index in [1.807, 2.05) is 6.92 Å². The molecule has 32 heavy (non-hydrogen) atoms. The lowest BCUT2D eigenvalue weighted by Gasteiger charge is -2.35. The number of para-hydroxylation sites is 1. The van der Waals surface area contributed by atoms with Gasteiger partial charge in [-0.25, -0.2) is 0 Å². The summed E-state index contributed by atoms with van der Waals surface area (Å²) < 4.78 is 5.74. The molecule has 1 N–H and O–H groups in total. The SMILES string of the molecule is Cc1ccc(C(O)=C2C(=O)C(=O)N(C[C@@H]3CCCO3)[C@@]23C(=O)N(C)c2ccccc23)cc1. The smallest absolute Gasteiger partial charge is 0.296 e. The minimum absolute atomic E-state index is 0.100. The maximum absolute atomic E-state index is 13.9. The third-order valence-electron chi connectivity index (χ3n) is 6.67. The molecule has 3 aliphatic heterocycles. The number of carbonyl (C=O) groups excluding carboxylic acids is 3. The molecule has 7 heteroatoms. The Bertz CT molecular complexity index is 1160. The van der Waals surface area contributed by atoms with E-state index in [0.717, 1.165) is 18.4 Å². The highest BCUT2D eigenvalue weighted by molar-refractivity contribution is 6.50. The number of likely N-dealkylation sites (tertiary alicyclic amines) is 1. The molecule has 2 amide bonds. The number of anilines is 1. The number of nitrogens with zero attached hydrogens (tertiary/aromatic N) is 2. The maximum atomic E-state index is 13.9. The molecule has 2 aromatic carbocycles. The van der Waals surface area contributed by atoms with Crippen molar-refractivity contribution < 1.29 is 24.2 Å². The Morgan fingerprint density at radius 1 is 1.12 bits per heavy atom. The highest BCUT2D eigenvalue weighted by atomic mass is 16.5. The molecule has 0 unspecified atom stereocenters. The van der Waals surface area contributed by atoms with Crippen molar-refractivity contribution in [3.05, 3.63) is 70.8 Å². The van der Waals surface area contributed by atoms with Crippen LogP contribution in [-0.2, 0) is 24.7 Å². The van der Waals surface area contributed by atoms with Gasteiger partial charge in [0.15, 0.2) is 5.54 Å². The second kappa shape index (κ2) is 7.31. The van der Waals surface area contributed by atoms with Crippen molar-refractivity contribution in [2.24, 2.45) is 0 Å². The molecular formula is C25H24N2O5. The van der Waals surface area contributed by atoms with Crippen LogP contribution in [0.4, 0.5) is 5.69 Å². The molecule has 0 aromatic heterocycles. The molecule has 0 aliphatic carbocycles. The van der Waals surface area contributed by atoms with Crippen molar-refractivity contribution >= 4 is 29.0 Å². The average molecular weight is 432 g/mol. The van der Waals surface area contributed by atoms with Crippen LogP contribution < -0.4 is 4.90 Å². The van der Waals surface area contributed by atoms with Crippen LogP contribution in [0, 0.1) is 6.92 Å². The van der Waals surface area contributed by atoms with Crippen LogP contribution >= 0.6 is 0 Å². The molecule has 2 atom stereocenters. The standard InChI is InChI=1S/C25H24N2O5/c1-15-9-11-16(12-10-15)21(28)20-22(29)23(30)27(14-17-6-5-13-32-17)25(20)18-7-3-4-8-19(18)26(2)24(25)31/h3-4,7-12,17,28H,5-6,13-14H2,1-2H3/t17-,25+/m0/s1. The Hall–Kier alpha value is -3.45. The first kappa shape index (κ1) is 20.5. The molecule has 2 saturated heterocycles. The number of hydrogen-bond donors (Lipinski definition) is 1. The first-order chi connectivity index (χ1) is 15.4. The van der Waals surface area contributed by atoms with Gasteiger partial charge in [0.1, 0.15) is 5.76 Å². The van der Waals surface area contributed by atoms with Gasteiger partial charge in [-0.15, -0.1) is 0 Å². The molecule has 1 spiro atoms. The van der Waals surface area contributed by atoms with Crippen molar-refractivity contribution in [3.63, 3.8) is 0 Å². The Balaban J connectivity index is 1.79. The molecular weight excluding hydrogens is 408 g/mol. The van der Waals surface area contributed by atoms with Gasteiger partial charge in [0, 0.05) is 37.0 Å². The first-order valence-electron chi connectivity index (χ1n) is 10.7. The Kier molecular flexibility index (Phi) is 4.67. The van der Waals surface area contributed by atoms with E-state index in [1.165, 1.54) is 9.80 Å². The highest BCUT2D eigenvalue weighted by Crippen LogP contribution is 2.53. The minimum Gasteiger partial charge on any atom is -0.507 e. The highest BCUT2D eigenvalue weighted by Gasteiger charge is 2.66. The normalized spacial score (nSPS) is 26.4. The summed E-state index contributed by atoms with van der Waals surface area (Å²) >= 11 is 0. The first-order valence-corrected chi connectivity index (χ1v) is 10.7. The van der Waals surface area contributed by atoms with Crippen LogP contribution in [-0.4, -0.2) is 53.9 Å². The zero-order valence-electron chi connectivity index (χ0n) is 18.0. The van der Waals surface area contributed by atoms with E-state index in [9.17, 15) is 19.5 Å². The second-order valence-electron chi connectivity index (χ2n) is 8.56. The zero-order valence-corrected chi connectivity index (χ0v) is 18.0. The average Bonchev–Trinajstić information content (AvgIpc) is 3.45. The number of aliphatic hydroxyl groups excluding tert-OH is 1. The van der Waals surface area contributed by atoms with E-state index in [0.29, 0.717) is 23.4 Å². The number of Topliss-reactive ketones (excluding diaryl/α,β-unsaturated/α-hetero) is 1. The third kappa shape index (κ3) is 2.67. The van der Waals surface area contributed by atoms with Crippen LogP contribution in [0.5, 0.6) is 0 Å². The van der Waals surface area contributed by atoms with Gasteiger partial charge in [-0.2, -0.15) is 0 Å². The van der Waals surface area contributed by atoms with E-state index in [2.05, 4.69) is 0 Å². The quantitative estimate of drug-likeness (QED) is 0.458. The van der Waals surface area contributed by atoms with Crippen molar-refractivity contribution in [3.8, 4) is 0 Å². The van der Waals surface area contributed by atoms with Crippen molar-refractivity contribution in [2.45, 2.75) is 31.4 Å². The Labute approximate surface area is 185 Å². The Morgan fingerprint density at radius 2 is 1.84 bits per heavy atom. The Morgan fingerprint density at radius 3 is 2.53 bits per heavy atom. The second-order valence-corrected chi connectivity index (χ2v) is 8.56. The van der Waals surface area contributed by atoms with Crippen molar-refractivity contribution in [1.82, 2.24) is 4.90 Å². The molecule has 0 saturated carbocycles. The molecule has 2 aromatic rings. The molecule has 0 bridgehead atoms. The zero-order chi connectivity index (χ0) is 22.6. The van der Waals surface area contributed by atoms with Crippen LogP contribution in [0.2, 0.25) is 0 Å². The van der Waals surface area contributed by atoms with Gasteiger partial charge in [-0.05, 0) is 25.8 Å². The van der Waals surface area contributed by atoms with Crippen LogP contribution in [0.1, 0.15) is 29.5 Å². The third-order valence-corrected chi connectivity index (χ3v) is 6.67. The van der Waals surface area contributed by atoms with E-state index < -0.39 is 23.1 Å². The van der Waals surface area contributed by atoms with Gasteiger partial charge >= 0.3 is 0 Å². The number of fused-ring (bicyclic) bond motifs is 2. The summed E-state index contributed by atoms with van der Waals surface area (Å²) in [7, 11) is 1.62. The molecule has 7 nitrogen and oxygen atoms in total. The molecule has 0 radical (unpaired) electrons. The molecule has 3 heterocycles. The van der Waals surface area contributed by atoms with E-state index >= 15 is 0 Å². The number of rotatable bonds is 3. The predicted octanol–water partition coefficient (Wildman–Crippen LogP) is 2.73. The number of aryl methyl sites for hydroxylation is 1. The molecule has 3 aliphatic rings. The van der Waals surface area contributed by atoms with Gasteiger partial charge < -0.3 is 19.6 Å². The van der Waals surface area contributed by atoms with Gasteiger partial charge in [-0.1, -0.05) is 48.0 Å². The fourth-order valence-corrected chi connectivity index (χ4v) is 5.07. The fraction of sp³-hybridized carbons (Fsp3) is 0.320. The van der Waals surface area contributed by atoms with E-state index in [4.69, 9.17) is 4.74 Å². The lowest BCUT2D eigenvalue weighted by atomic mass is 9.81. The number of carbonyl (C=O) groups is 3. The molecule has 2 fully saturated rings. The summed E-state index contributed by atoms with van der Waals surface area (Å²) in [4.78, 5) is 43.3. The monoisotopic (exact) mass is 432 g/mol. The number of aliphatic hydroxyl groups is 1. The minimum atomic E-state index is -1.72. The van der Waals surface area contributed by atoms with Crippen LogP contribution in [0.25, 0.3) is 5.76 Å². The number of benzene rings is 2. The molecule has 164 valence electrons. The van der Waals surface area contributed by atoms with Gasteiger partial charge in [0.2, 0.25) is 0 Å². The fourth-order valence-electron chi connectivity index (χ4n) is 5.07. The maximum Gasteiger partial charge on any atom is 0.296 e. The lowest BCUT2D eigenvalue weighted by molar-refractivity contribution is -0.145. The largest absolute Gasteiger partial charge is 0.507 e. The number of ketones is 1. The summed E-state index contributed by atoms with van der Waals surface area (Å²) in [6, 6.07) is 14.1. The molecule has 5 rings (SSSR count). The van der Waals surface area contributed by atoms with Crippen LogP contribution in [0.15, 0.2) is 54.1 Å². The van der Waals surface area contributed by atoms with E-state index in [1.54, 1.807) is 55.6 Å². The summed E-state index contributed by atoms with van der Waals surface area (Å²) in [5, 5.41) is 11.3. The summed E-state index contributed by atoms with van der Waals surface area (Å²) in [6.45, 7) is 2.59.